The Bertz CT molecular complexity index is 362. The fourth-order valence-corrected chi connectivity index (χ4v) is 2.74. The zero-order valence-corrected chi connectivity index (χ0v) is 11.5. The van der Waals surface area contributed by atoms with E-state index in [-0.39, 0.29) is 0 Å². The molecule has 1 aromatic heterocycles. The lowest BCUT2D eigenvalue weighted by molar-refractivity contribution is 0.110. The van der Waals surface area contributed by atoms with Crippen LogP contribution in [0.4, 0.5) is 0 Å². The lowest BCUT2D eigenvalue weighted by Gasteiger charge is -2.37. The number of nitrogens with two attached hydrogens (primary N) is 1. The first-order valence-corrected chi connectivity index (χ1v) is 7.05. The third kappa shape index (κ3) is 3.09. The fourth-order valence-electron chi connectivity index (χ4n) is 2.74. The van der Waals surface area contributed by atoms with Gasteiger partial charge >= 0.3 is 0 Å². The molecule has 0 aromatic carbocycles. The zero-order chi connectivity index (χ0) is 13.0. The molecule has 0 saturated carbocycles. The van der Waals surface area contributed by atoms with Crippen LogP contribution in [0.2, 0.25) is 0 Å². The van der Waals surface area contributed by atoms with Crippen molar-refractivity contribution in [1.29, 1.82) is 0 Å². The van der Waals surface area contributed by atoms with Crippen LogP contribution in [0, 0.1) is 5.92 Å². The first-order valence-electron chi connectivity index (χ1n) is 7.05. The molecule has 5 heteroatoms. The van der Waals surface area contributed by atoms with E-state index in [1.807, 2.05) is 4.68 Å². The van der Waals surface area contributed by atoms with Gasteiger partial charge < -0.3 is 5.73 Å². The minimum Gasteiger partial charge on any atom is -0.329 e. The van der Waals surface area contributed by atoms with Crippen molar-refractivity contribution in [2.75, 3.05) is 13.1 Å². The molecular weight excluding hydrogens is 226 g/mol. The molecule has 0 aliphatic carbocycles. The summed E-state index contributed by atoms with van der Waals surface area (Å²) in [7, 11) is 0. The van der Waals surface area contributed by atoms with Crippen LogP contribution in [0.1, 0.15) is 38.9 Å². The number of likely N-dealkylation sites (tertiary alicyclic amines) is 1. The topological polar surface area (TPSA) is 60.0 Å². The smallest absolute Gasteiger partial charge is 0.141 e. The minimum absolute atomic E-state index is 0.500. The molecule has 2 heterocycles. The summed E-state index contributed by atoms with van der Waals surface area (Å²) in [6, 6.07) is 0.500. The van der Waals surface area contributed by atoms with Gasteiger partial charge in [-0.3, -0.25) is 4.90 Å². The molecule has 2 N–H and O–H groups in total. The van der Waals surface area contributed by atoms with Gasteiger partial charge in [-0.15, -0.1) is 0 Å². The Hall–Kier alpha value is -0.940. The molecule has 2 atom stereocenters. The van der Waals surface area contributed by atoms with Crippen molar-refractivity contribution >= 4 is 0 Å². The Labute approximate surface area is 109 Å². The maximum absolute atomic E-state index is 5.90. The van der Waals surface area contributed by atoms with Crippen LogP contribution in [0.15, 0.2) is 6.33 Å². The quantitative estimate of drug-likeness (QED) is 0.855. The van der Waals surface area contributed by atoms with Crippen molar-refractivity contribution in [3.63, 3.8) is 0 Å². The van der Waals surface area contributed by atoms with Crippen LogP contribution in [0.25, 0.3) is 0 Å². The van der Waals surface area contributed by atoms with E-state index in [9.17, 15) is 0 Å². The van der Waals surface area contributed by atoms with Crippen molar-refractivity contribution < 1.29 is 0 Å². The van der Waals surface area contributed by atoms with Gasteiger partial charge in [0.1, 0.15) is 12.2 Å². The Morgan fingerprint density at radius 3 is 3.06 bits per heavy atom. The normalized spacial score (nSPS) is 25.5. The third-order valence-electron chi connectivity index (χ3n) is 3.85. The molecule has 1 aliphatic rings. The summed E-state index contributed by atoms with van der Waals surface area (Å²) in [4.78, 5) is 6.85. The van der Waals surface area contributed by atoms with Crippen molar-refractivity contribution in [3.8, 4) is 0 Å². The lowest BCUT2D eigenvalue weighted by atomic mass is 9.92. The lowest BCUT2D eigenvalue weighted by Crippen LogP contribution is -2.46. The van der Waals surface area contributed by atoms with Gasteiger partial charge in [0.15, 0.2) is 0 Å². The minimum atomic E-state index is 0.500. The molecule has 2 rings (SSSR count). The highest BCUT2D eigenvalue weighted by Gasteiger charge is 2.26. The average molecular weight is 251 g/mol. The number of hydrogen-bond donors (Lipinski definition) is 1. The zero-order valence-electron chi connectivity index (χ0n) is 11.5. The first-order chi connectivity index (χ1) is 8.74. The number of piperidine rings is 1. The van der Waals surface area contributed by atoms with Crippen LogP contribution in [0.3, 0.4) is 0 Å². The molecule has 1 fully saturated rings. The molecule has 1 aromatic rings. The average Bonchev–Trinajstić information content (AvgIpc) is 2.79. The summed E-state index contributed by atoms with van der Waals surface area (Å²) >= 11 is 0. The van der Waals surface area contributed by atoms with E-state index in [0.29, 0.717) is 6.04 Å². The number of rotatable bonds is 5. The van der Waals surface area contributed by atoms with E-state index in [2.05, 4.69) is 28.8 Å². The standard InChI is InChI=1S/C13H25N5/c1-3-5-18-13(15-10-16-18)9-17-6-4-11(2)7-12(17)8-14/h10-12H,3-9,14H2,1-2H3. The maximum atomic E-state index is 5.90. The molecule has 0 radical (unpaired) electrons. The Morgan fingerprint density at radius 2 is 2.33 bits per heavy atom. The summed E-state index contributed by atoms with van der Waals surface area (Å²) in [5.74, 6) is 1.87. The molecule has 5 nitrogen and oxygen atoms in total. The van der Waals surface area contributed by atoms with E-state index in [0.717, 1.165) is 44.3 Å². The van der Waals surface area contributed by atoms with E-state index in [1.165, 1.54) is 12.8 Å². The second-order valence-electron chi connectivity index (χ2n) is 5.39. The second-order valence-corrected chi connectivity index (χ2v) is 5.39. The number of hydrogen-bond acceptors (Lipinski definition) is 4. The van der Waals surface area contributed by atoms with E-state index < -0.39 is 0 Å². The predicted octanol–water partition coefficient (Wildman–Crippen LogP) is 1.25. The van der Waals surface area contributed by atoms with Gasteiger partial charge in [-0.1, -0.05) is 13.8 Å². The third-order valence-corrected chi connectivity index (χ3v) is 3.85. The fraction of sp³-hybridized carbons (Fsp3) is 0.846. The summed E-state index contributed by atoms with van der Waals surface area (Å²) in [6.07, 6.45) is 5.22. The summed E-state index contributed by atoms with van der Waals surface area (Å²) in [5, 5.41) is 4.28. The van der Waals surface area contributed by atoms with Crippen molar-refractivity contribution in [3.05, 3.63) is 12.2 Å². The van der Waals surface area contributed by atoms with Crippen LogP contribution < -0.4 is 5.73 Å². The van der Waals surface area contributed by atoms with Gasteiger partial charge in [-0.2, -0.15) is 5.10 Å². The number of aryl methyl sites for hydroxylation is 1. The summed E-state index contributed by atoms with van der Waals surface area (Å²) in [5.41, 5.74) is 5.90. The highest BCUT2D eigenvalue weighted by molar-refractivity contribution is 4.89. The molecule has 1 saturated heterocycles. The molecule has 0 amide bonds. The van der Waals surface area contributed by atoms with Gasteiger partial charge in [-0.25, -0.2) is 9.67 Å². The van der Waals surface area contributed by atoms with Crippen molar-refractivity contribution in [2.24, 2.45) is 11.7 Å². The van der Waals surface area contributed by atoms with Gasteiger partial charge in [-0.05, 0) is 31.7 Å². The maximum Gasteiger partial charge on any atom is 0.141 e. The van der Waals surface area contributed by atoms with E-state index >= 15 is 0 Å². The first kappa shape index (κ1) is 13.5. The highest BCUT2D eigenvalue weighted by atomic mass is 15.3. The molecule has 0 spiro atoms. The highest BCUT2D eigenvalue weighted by Crippen LogP contribution is 2.23. The molecule has 18 heavy (non-hydrogen) atoms. The Morgan fingerprint density at radius 1 is 1.50 bits per heavy atom. The van der Waals surface area contributed by atoms with Crippen molar-refractivity contribution in [2.45, 2.75) is 52.2 Å². The second kappa shape index (κ2) is 6.29. The predicted molar refractivity (Wildman–Crippen MR) is 72.0 cm³/mol. The number of nitrogens with zero attached hydrogens (tertiary/aromatic N) is 4. The van der Waals surface area contributed by atoms with Crippen LogP contribution in [0.5, 0.6) is 0 Å². The van der Waals surface area contributed by atoms with Gasteiger partial charge in [0.25, 0.3) is 0 Å². The van der Waals surface area contributed by atoms with Gasteiger partial charge in [0.2, 0.25) is 0 Å². The SMILES string of the molecule is CCCn1ncnc1CN1CCC(C)CC1CN. The van der Waals surface area contributed by atoms with Crippen LogP contribution >= 0.6 is 0 Å². The molecular formula is C13H25N5. The summed E-state index contributed by atoms with van der Waals surface area (Å²) < 4.78 is 2.02. The Balaban J connectivity index is 2.00. The molecule has 2 unspecified atom stereocenters. The largest absolute Gasteiger partial charge is 0.329 e. The van der Waals surface area contributed by atoms with E-state index in [1.54, 1.807) is 6.33 Å². The monoisotopic (exact) mass is 251 g/mol. The van der Waals surface area contributed by atoms with Crippen LogP contribution in [-0.4, -0.2) is 38.8 Å². The molecule has 0 bridgehead atoms. The molecule has 1 aliphatic heterocycles. The van der Waals surface area contributed by atoms with Crippen LogP contribution in [-0.2, 0) is 13.1 Å². The van der Waals surface area contributed by atoms with Gasteiger partial charge in [0, 0.05) is 19.1 Å². The number of aromatic nitrogens is 3. The Kier molecular flexibility index (Phi) is 4.72. The van der Waals surface area contributed by atoms with Gasteiger partial charge in [0.05, 0.1) is 6.54 Å². The summed E-state index contributed by atoms with van der Waals surface area (Å²) in [6.45, 7) is 8.19. The van der Waals surface area contributed by atoms with E-state index in [4.69, 9.17) is 5.73 Å². The van der Waals surface area contributed by atoms with Crippen molar-refractivity contribution in [1.82, 2.24) is 19.7 Å². The molecule has 102 valence electrons.